The van der Waals surface area contributed by atoms with Crippen molar-refractivity contribution in [1.82, 2.24) is 4.90 Å². The highest BCUT2D eigenvalue weighted by Gasteiger charge is 2.48. The molecular weight excluding hydrogens is 372 g/mol. The monoisotopic (exact) mass is 402 g/mol. The van der Waals surface area contributed by atoms with E-state index in [9.17, 15) is 14.9 Å². The summed E-state index contributed by atoms with van der Waals surface area (Å²) in [4.78, 5) is 24.9. The highest BCUT2D eigenvalue weighted by molar-refractivity contribution is 5.71. The van der Waals surface area contributed by atoms with Crippen molar-refractivity contribution in [3.63, 3.8) is 0 Å². The number of hydrogen-bond acceptors (Lipinski definition) is 6. The average Bonchev–Trinajstić information content (AvgIpc) is 2.93. The zero-order valence-electron chi connectivity index (χ0n) is 19.0. The average molecular weight is 402 g/mol. The van der Waals surface area contributed by atoms with E-state index >= 15 is 0 Å². The predicted octanol–water partition coefficient (Wildman–Crippen LogP) is 4.31. The van der Waals surface area contributed by atoms with Gasteiger partial charge in [-0.2, -0.15) is 5.26 Å². The number of anilines is 1. The molecule has 1 N–H and O–H groups in total. The second-order valence-corrected chi connectivity index (χ2v) is 9.13. The van der Waals surface area contributed by atoms with Gasteiger partial charge in [-0.25, -0.2) is 4.79 Å². The number of nitriles is 1. The molecule has 2 aliphatic rings. The van der Waals surface area contributed by atoms with Crippen LogP contribution in [0.4, 0.5) is 16.2 Å². The van der Waals surface area contributed by atoms with Crippen LogP contribution in [0.5, 0.6) is 0 Å². The number of nitrogens with zero attached hydrogens (tertiary/aromatic N) is 3. The van der Waals surface area contributed by atoms with E-state index in [1.165, 1.54) is 18.2 Å². The number of benzene rings is 1. The van der Waals surface area contributed by atoms with Crippen molar-refractivity contribution >= 4 is 17.5 Å². The van der Waals surface area contributed by atoms with Gasteiger partial charge in [0, 0.05) is 21.8 Å². The van der Waals surface area contributed by atoms with Gasteiger partial charge in [-0.05, 0) is 49.1 Å². The topological polar surface area (TPSA) is 108 Å². The highest BCUT2D eigenvalue weighted by Crippen LogP contribution is 2.41. The quantitative estimate of drug-likeness (QED) is 0.581. The van der Waals surface area contributed by atoms with Crippen LogP contribution in [0.3, 0.4) is 0 Å². The number of carbonyl (C=O) groups is 1. The van der Waals surface area contributed by atoms with E-state index in [0.717, 1.165) is 0 Å². The molecule has 0 aromatic heterocycles. The Balaban J connectivity index is 1.80. The number of hydrogen-bond donors (Lipinski definition) is 1. The van der Waals surface area contributed by atoms with Gasteiger partial charge in [0.15, 0.2) is 0 Å². The summed E-state index contributed by atoms with van der Waals surface area (Å²) in [6, 6.07) is 5.73. The van der Waals surface area contributed by atoms with Gasteiger partial charge in [0.2, 0.25) is 0 Å². The Morgan fingerprint density at radius 3 is 2.93 bits per heavy atom. The van der Waals surface area contributed by atoms with Crippen LogP contribution in [0.1, 0.15) is 54.8 Å². The third kappa shape index (κ3) is 4.97. The largest absolute Gasteiger partial charge is 0.441 e. The summed E-state index contributed by atoms with van der Waals surface area (Å²) in [5, 5.41) is 23.2. The van der Waals surface area contributed by atoms with E-state index in [1.54, 1.807) is 4.90 Å². The molecule has 1 aromatic carbocycles. The fourth-order valence-electron chi connectivity index (χ4n) is 4.12. The van der Waals surface area contributed by atoms with E-state index in [1.807, 2.05) is 26.8 Å². The smallest absolute Gasteiger partial charge is 0.410 e. The van der Waals surface area contributed by atoms with Crippen molar-refractivity contribution < 1.29 is 17.2 Å². The molecule has 1 aliphatic heterocycles. The third-order valence-electron chi connectivity index (χ3n) is 5.24. The van der Waals surface area contributed by atoms with Gasteiger partial charge in [0.1, 0.15) is 11.3 Å². The maximum absolute atomic E-state index is 12.5. The summed E-state index contributed by atoms with van der Waals surface area (Å²) < 4.78 is 23.0. The fourth-order valence-corrected chi connectivity index (χ4v) is 4.12. The van der Waals surface area contributed by atoms with Gasteiger partial charge in [0.05, 0.1) is 23.1 Å². The highest BCUT2D eigenvalue weighted by atomic mass is 16.6. The molecule has 156 valence electrons. The van der Waals surface area contributed by atoms with E-state index in [2.05, 4.69) is 5.32 Å². The lowest BCUT2D eigenvalue weighted by Crippen LogP contribution is -2.42. The van der Waals surface area contributed by atoms with Crippen LogP contribution in [0, 0.1) is 32.8 Å². The third-order valence-corrected chi connectivity index (χ3v) is 5.24. The minimum atomic E-state index is -1.99. The first kappa shape index (κ1) is 18.2. The van der Waals surface area contributed by atoms with Crippen molar-refractivity contribution in [1.29, 1.82) is 5.26 Å². The van der Waals surface area contributed by atoms with Crippen molar-refractivity contribution in [2.24, 2.45) is 11.3 Å². The van der Waals surface area contributed by atoms with Gasteiger partial charge < -0.3 is 15.0 Å². The number of amides is 1. The van der Waals surface area contributed by atoms with E-state index in [0.29, 0.717) is 38.8 Å². The minimum Gasteiger partial charge on any atom is -0.441 e. The molecular formula is C21H28N4O4. The zero-order chi connectivity index (χ0) is 23.0. The second kappa shape index (κ2) is 7.90. The minimum absolute atomic E-state index is 0.0357. The summed E-state index contributed by atoms with van der Waals surface area (Å²) in [6.07, 6.45) is 1.86. The Bertz CT molecular complexity index is 925. The summed E-state index contributed by atoms with van der Waals surface area (Å²) in [7, 11) is 0. The van der Waals surface area contributed by atoms with Crippen molar-refractivity contribution in [3.05, 3.63) is 33.9 Å². The van der Waals surface area contributed by atoms with Crippen LogP contribution in [0.15, 0.2) is 18.2 Å². The summed E-state index contributed by atoms with van der Waals surface area (Å²) in [5.41, 5.74) is -0.963. The standard InChI is InChI=1S/C21H28N4O4/c1-20(2,3)13-24-14-21(29-19(24)26)8-4-5-16(10-21)12-23-17-9-15(11-22)6-7-18(17)25(27)28/h6-7,9,16,23H,4-5,8,10,12-14H2,1-3H3/t16-,21-/m0/s1/i12D2. The molecule has 0 unspecified atom stereocenters. The molecule has 1 heterocycles. The molecule has 2 atom stereocenters. The lowest BCUT2D eigenvalue weighted by atomic mass is 9.77. The normalized spacial score (nSPS) is 25.8. The first-order chi connectivity index (χ1) is 14.3. The number of nitro benzene ring substituents is 1. The summed E-state index contributed by atoms with van der Waals surface area (Å²) in [5.74, 6) is -0.519. The number of carbonyl (C=O) groups excluding carboxylic acids is 1. The van der Waals surface area contributed by atoms with Gasteiger partial charge in [-0.15, -0.1) is 0 Å². The Hall–Kier alpha value is -2.82. The number of nitrogens with one attached hydrogen (secondary N) is 1. The molecule has 8 nitrogen and oxygen atoms in total. The van der Waals surface area contributed by atoms with Crippen LogP contribution in [-0.2, 0) is 4.74 Å². The Morgan fingerprint density at radius 1 is 1.52 bits per heavy atom. The number of rotatable bonds is 5. The Morgan fingerprint density at radius 2 is 2.28 bits per heavy atom. The van der Waals surface area contributed by atoms with E-state index in [-0.39, 0.29) is 28.4 Å². The molecule has 2 fully saturated rings. The Labute approximate surface area is 173 Å². The molecule has 8 heteroatoms. The maximum atomic E-state index is 12.5. The molecule has 29 heavy (non-hydrogen) atoms. The van der Waals surface area contributed by atoms with Gasteiger partial charge in [-0.1, -0.05) is 20.8 Å². The van der Waals surface area contributed by atoms with Crippen molar-refractivity contribution in [2.45, 2.75) is 52.1 Å². The first-order valence-corrected chi connectivity index (χ1v) is 9.79. The zero-order valence-corrected chi connectivity index (χ0v) is 17.0. The van der Waals surface area contributed by atoms with Crippen LogP contribution >= 0.6 is 0 Å². The van der Waals surface area contributed by atoms with Crippen LogP contribution in [0.2, 0.25) is 0 Å². The molecule has 1 aliphatic carbocycles. The van der Waals surface area contributed by atoms with Crippen LogP contribution in [-0.4, -0.2) is 41.1 Å². The number of nitro groups is 1. The lowest BCUT2D eigenvalue weighted by molar-refractivity contribution is -0.384. The van der Waals surface area contributed by atoms with Gasteiger partial charge in [-0.3, -0.25) is 10.1 Å². The molecule has 1 saturated carbocycles. The summed E-state index contributed by atoms with van der Waals surface area (Å²) >= 11 is 0. The predicted molar refractivity (Wildman–Crippen MR) is 108 cm³/mol. The van der Waals surface area contributed by atoms with E-state index < -0.39 is 22.9 Å². The van der Waals surface area contributed by atoms with Crippen molar-refractivity contribution in [3.8, 4) is 6.07 Å². The number of ether oxygens (including phenoxy) is 1. The molecule has 0 bridgehead atoms. The Kier molecular flexibility index (Phi) is 4.96. The molecule has 1 aromatic rings. The SMILES string of the molecule is [2H]C([2H])(Nc1cc(C#N)ccc1[N+](=O)[O-])[C@H]1CCC[C@]2(C1)CN(CC(C)(C)C)C(=O)O2. The van der Waals surface area contributed by atoms with Crippen LogP contribution in [0.25, 0.3) is 0 Å². The van der Waals surface area contributed by atoms with Gasteiger partial charge in [0.25, 0.3) is 5.69 Å². The molecule has 1 spiro atoms. The van der Waals surface area contributed by atoms with Crippen LogP contribution < -0.4 is 5.32 Å². The lowest BCUT2D eigenvalue weighted by Gasteiger charge is -2.36. The van der Waals surface area contributed by atoms with E-state index in [4.69, 9.17) is 12.7 Å². The maximum Gasteiger partial charge on any atom is 0.410 e. The second-order valence-electron chi connectivity index (χ2n) is 9.13. The fraction of sp³-hybridized carbons (Fsp3) is 0.619. The first-order valence-electron chi connectivity index (χ1n) is 10.8. The molecule has 0 radical (unpaired) electrons. The van der Waals surface area contributed by atoms with Crippen molar-refractivity contribution in [2.75, 3.05) is 24.9 Å². The van der Waals surface area contributed by atoms with Gasteiger partial charge >= 0.3 is 6.09 Å². The molecule has 1 amide bonds. The molecule has 1 saturated heterocycles. The summed E-state index contributed by atoms with van der Waals surface area (Å²) in [6.45, 7) is 5.10. The molecule has 3 rings (SSSR count).